The van der Waals surface area contributed by atoms with Gasteiger partial charge in [0, 0.05) is 0 Å². The number of phenolic OH excluding ortho intramolecular Hbond substituents is 1. The van der Waals surface area contributed by atoms with E-state index in [4.69, 9.17) is 0 Å². The summed E-state index contributed by atoms with van der Waals surface area (Å²) in [5.41, 5.74) is 4.09. The molecule has 0 bridgehead atoms. The average Bonchev–Trinajstić information content (AvgIpc) is 2.73. The maximum absolute atomic E-state index is 11.2. The van der Waals surface area contributed by atoms with Crippen molar-refractivity contribution in [3.8, 4) is 5.75 Å². The summed E-state index contributed by atoms with van der Waals surface area (Å²) in [5, 5.41) is 11.2. The zero-order valence-corrected chi connectivity index (χ0v) is 18.3. The summed E-state index contributed by atoms with van der Waals surface area (Å²) in [5.74, 6) is 4.46. The van der Waals surface area contributed by atoms with Crippen LogP contribution in [-0.4, -0.2) is 16.6 Å². The van der Waals surface area contributed by atoms with Gasteiger partial charge in [-0.15, -0.1) is 0 Å². The van der Waals surface area contributed by atoms with Gasteiger partial charge in [-0.1, -0.05) is 64.0 Å². The average molecular weight is 389 g/mol. The van der Waals surface area contributed by atoms with Crippen LogP contribution in [0.3, 0.4) is 0 Å². The first-order valence-corrected chi connectivity index (χ1v) is 12.9. The fraction of sp³-hybridized carbons (Fsp3) is 0.760. The third kappa shape index (κ3) is 6.17. The second-order valence-corrected chi connectivity index (χ2v) is 10.1. The zero-order chi connectivity index (χ0) is 18.9. The first kappa shape index (κ1) is 21.1. The standard InChI is InChI=1S/C25H40OS/c1-2-3-16-27-17-10-11-20-18-23(21-12-6-4-7-13-21)25(26)24(19-20)22-14-8-5-9-15-22/h18-19,21-22,26H,2-17H2,1H3. The summed E-state index contributed by atoms with van der Waals surface area (Å²) in [6.07, 6.45) is 18.3. The van der Waals surface area contributed by atoms with Crippen LogP contribution in [0.15, 0.2) is 12.1 Å². The van der Waals surface area contributed by atoms with Gasteiger partial charge in [0.15, 0.2) is 0 Å². The van der Waals surface area contributed by atoms with Gasteiger partial charge in [-0.3, -0.25) is 0 Å². The minimum absolute atomic E-state index is 0.597. The van der Waals surface area contributed by atoms with E-state index in [2.05, 4.69) is 30.8 Å². The summed E-state index contributed by atoms with van der Waals surface area (Å²) in [6, 6.07) is 4.77. The van der Waals surface area contributed by atoms with E-state index in [9.17, 15) is 5.11 Å². The lowest BCUT2D eigenvalue weighted by molar-refractivity contribution is 0.392. The Balaban J connectivity index is 1.72. The lowest BCUT2D eigenvalue weighted by atomic mass is 9.78. The van der Waals surface area contributed by atoms with Crippen molar-refractivity contribution in [2.75, 3.05) is 11.5 Å². The van der Waals surface area contributed by atoms with Crippen LogP contribution in [0.5, 0.6) is 5.75 Å². The van der Waals surface area contributed by atoms with Crippen LogP contribution in [-0.2, 0) is 6.42 Å². The van der Waals surface area contributed by atoms with Crippen LogP contribution in [0.2, 0.25) is 0 Å². The second-order valence-electron chi connectivity index (χ2n) is 8.86. The summed E-state index contributed by atoms with van der Waals surface area (Å²) in [6.45, 7) is 2.27. The Morgan fingerprint density at radius 2 is 1.33 bits per heavy atom. The molecule has 152 valence electrons. The molecule has 3 rings (SSSR count). The summed E-state index contributed by atoms with van der Waals surface area (Å²) in [7, 11) is 0. The summed E-state index contributed by atoms with van der Waals surface area (Å²) < 4.78 is 0. The van der Waals surface area contributed by atoms with Crippen LogP contribution >= 0.6 is 11.8 Å². The van der Waals surface area contributed by atoms with Crippen molar-refractivity contribution < 1.29 is 5.11 Å². The van der Waals surface area contributed by atoms with E-state index in [1.807, 2.05) is 0 Å². The summed E-state index contributed by atoms with van der Waals surface area (Å²) >= 11 is 2.12. The van der Waals surface area contributed by atoms with Gasteiger partial charge in [0.05, 0.1) is 0 Å². The number of hydrogen-bond donors (Lipinski definition) is 1. The minimum Gasteiger partial charge on any atom is -0.507 e. The molecule has 2 aliphatic rings. The van der Waals surface area contributed by atoms with E-state index < -0.39 is 0 Å². The van der Waals surface area contributed by atoms with E-state index >= 15 is 0 Å². The van der Waals surface area contributed by atoms with Gasteiger partial charge in [0.1, 0.15) is 5.75 Å². The molecule has 0 unspecified atom stereocenters. The number of unbranched alkanes of at least 4 members (excludes halogenated alkanes) is 1. The van der Waals surface area contributed by atoms with Crippen molar-refractivity contribution >= 4 is 11.8 Å². The Bertz CT molecular complexity index is 516. The van der Waals surface area contributed by atoms with Crippen molar-refractivity contribution in [2.24, 2.45) is 0 Å². The number of aromatic hydroxyl groups is 1. The smallest absolute Gasteiger partial charge is 0.122 e. The molecule has 0 radical (unpaired) electrons. The molecule has 1 nitrogen and oxygen atoms in total. The minimum atomic E-state index is 0.597. The SMILES string of the molecule is CCCCSCCCc1cc(C2CCCCC2)c(O)c(C2CCCCC2)c1. The van der Waals surface area contributed by atoms with Crippen LogP contribution in [0.1, 0.15) is 119 Å². The fourth-order valence-electron chi connectivity index (χ4n) is 5.07. The lowest BCUT2D eigenvalue weighted by Gasteiger charge is -2.28. The van der Waals surface area contributed by atoms with E-state index in [1.165, 1.54) is 118 Å². The van der Waals surface area contributed by atoms with Gasteiger partial charge in [-0.2, -0.15) is 11.8 Å². The molecule has 27 heavy (non-hydrogen) atoms. The second kappa shape index (κ2) is 11.4. The molecule has 0 saturated heterocycles. The largest absolute Gasteiger partial charge is 0.507 e. The van der Waals surface area contributed by atoms with Crippen LogP contribution in [0, 0.1) is 0 Å². The Morgan fingerprint density at radius 3 is 1.85 bits per heavy atom. The molecular weight excluding hydrogens is 348 g/mol. The zero-order valence-electron chi connectivity index (χ0n) is 17.5. The Hall–Kier alpha value is -0.630. The molecule has 2 saturated carbocycles. The van der Waals surface area contributed by atoms with Gasteiger partial charge < -0.3 is 5.11 Å². The predicted octanol–water partition coefficient (Wildman–Crippen LogP) is 7.95. The Morgan fingerprint density at radius 1 is 0.815 bits per heavy atom. The molecule has 0 aliphatic heterocycles. The number of phenols is 1. The van der Waals surface area contributed by atoms with Crippen molar-refractivity contribution in [3.05, 3.63) is 28.8 Å². The van der Waals surface area contributed by atoms with E-state index in [1.54, 1.807) is 0 Å². The van der Waals surface area contributed by atoms with Crippen molar-refractivity contribution in [3.63, 3.8) is 0 Å². The number of hydrogen-bond acceptors (Lipinski definition) is 2. The lowest BCUT2D eigenvalue weighted by Crippen LogP contribution is -2.10. The van der Waals surface area contributed by atoms with Gasteiger partial charge >= 0.3 is 0 Å². The van der Waals surface area contributed by atoms with Crippen molar-refractivity contribution in [1.29, 1.82) is 0 Å². The quantitative estimate of drug-likeness (QED) is 0.433. The third-order valence-electron chi connectivity index (χ3n) is 6.72. The normalized spacial score (nSPS) is 19.4. The molecule has 0 heterocycles. The molecule has 0 amide bonds. The molecule has 1 N–H and O–H groups in total. The topological polar surface area (TPSA) is 20.2 Å². The highest BCUT2D eigenvalue weighted by molar-refractivity contribution is 7.99. The van der Waals surface area contributed by atoms with Crippen molar-refractivity contribution in [1.82, 2.24) is 0 Å². The number of aryl methyl sites for hydroxylation is 1. The molecule has 2 aliphatic carbocycles. The Kier molecular flexibility index (Phi) is 8.90. The fourth-order valence-corrected chi connectivity index (χ4v) is 6.11. The van der Waals surface area contributed by atoms with Crippen LogP contribution < -0.4 is 0 Å². The van der Waals surface area contributed by atoms with E-state index in [-0.39, 0.29) is 0 Å². The first-order chi connectivity index (χ1) is 13.3. The first-order valence-electron chi connectivity index (χ1n) is 11.7. The molecule has 1 aromatic rings. The van der Waals surface area contributed by atoms with Gasteiger partial charge in [0.2, 0.25) is 0 Å². The molecule has 2 heteroatoms. The highest BCUT2D eigenvalue weighted by Gasteiger charge is 2.25. The van der Waals surface area contributed by atoms with Gasteiger partial charge in [-0.05, 0) is 85.0 Å². The number of rotatable bonds is 9. The molecule has 0 aromatic heterocycles. The van der Waals surface area contributed by atoms with Crippen LogP contribution in [0.4, 0.5) is 0 Å². The highest BCUT2D eigenvalue weighted by atomic mass is 32.2. The molecule has 2 fully saturated rings. The molecule has 0 spiro atoms. The predicted molar refractivity (Wildman–Crippen MR) is 120 cm³/mol. The maximum atomic E-state index is 11.2. The highest BCUT2D eigenvalue weighted by Crippen LogP contribution is 2.44. The molecular formula is C25H40OS. The number of thioether (sulfide) groups is 1. The maximum Gasteiger partial charge on any atom is 0.122 e. The van der Waals surface area contributed by atoms with Crippen molar-refractivity contribution in [2.45, 2.75) is 109 Å². The van der Waals surface area contributed by atoms with E-state index in [0.717, 1.165) is 0 Å². The summed E-state index contributed by atoms with van der Waals surface area (Å²) in [4.78, 5) is 0. The monoisotopic (exact) mass is 388 g/mol. The van der Waals surface area contributed by atoms with Gasteiger partial charge in [0.25, 0.3) is 0 Å². The molecule has 1 aromatic carbocycles. The number of benzene rings is 1. The van der Waals surface area contributed by atoms with Crippen LogP contribution in [0.25, 0.3) is 0 Å². The Labute approximate surface area is 171 Å². The molecule has 0 atom stereocenters. The van der Waals surface area contributed by atoms with Gasteiger partial charge in [-0.25, -0.2) is 0 Å². The third-order valence-corrected chi connectivity index (χ3v) is 7.87. The van der Waals surface area contributed by atoms with E-state index in [0.29, 0.717) is 17.6 Å².